The molecule has 0 bridgehead atoms. The molecule has 1 N–H and O–H groups in total. The van der Waals surface area contributed by atoms with Gasteiger partial charge in [0, 0.05) is 6.54 Å². The third kappa shape index (κ3) is 2.67. The zero-order valence-electron chi connectivity index (χ0n) is 13.2. The highest BCUT2D eigenvalue weighted by atomic mass is 16.2. The molecule has 3 nitrogen and oxygen atoms in total. The van der Waals surface area contributed by atoms with Crippen molar-refractivity contribution in [2.24, 2.45) is 17.8 Å². The highest BCUT2D eigenvalue weighted by Crippen LogP contribution is 2.37. The minimum Gasteiger partial charge on any atom is -0.326 e. The van der Waals surface area contributed by atoms with Crippen LogP contribution in [-0.2, 0) is 4.79 Å². The number of nitrogens with one attached hydrogen (secondary N) is 1. The number of hydrogen-bond donors (Lipinski definition) is 1. The molecule has 19 heavy (non-hydrogen) atoms. The van der Waals surface area contributed by atoms with Crippen LogP contribution in [0.25, 0.3) is 0 Å². The molecule has 1 heterocycles. The van der Waals surface area contributed by atoms with E-state index in [0.29, 0.717) is 23.7 Å². The van der Waals surface area contributed by atoms with Gasteiger partial charge < -0.3 is 4.90 Å². The first-order valence-electron chi connectivity index (χ1n) is 7.96. The Labute approximate surface area is 118 Å². The average Bonchev–Trinajstić information content (AvgIpc) is 2.85. The van der Waals surface area contributed by atoms with E-state index in [2.05, 4.69) is 44.8 Å². The third-order valence-corrected chi connectivity index (χ3v) is 5.20. The molecule has 1 saturated heterocycles. The van der Waals surface area contributed by atoms with Gasteiger partial charge in [-0.15, -0.1) is 0 Å². The molecule has 110 valence electrons. The van der Waals surface area contributed by atoms with Crippen LogP contribution in [0, 0.1) is 17.8 Å². The monoisotopic (exact) mass is 266 g/mol. The van der Waals surface area contributed by atoms with Gasteiger partial charge in [0.05, 0.1) is 11.7 Å². The molecule has 0 aromatic carbocycles. The smallest absolute Gasteiger partial charge is 0.244 e. The molecule has 1 aliphatic carbocycles. The summed E-state index contributed by atoms with van der Waals surface area (Å²) in [7, 11) is 0. The Bertz CT molecular complexity index is 324. The maximum Gasteiger partial charge on any atom is 0.244 e. The zero-order valence-corrected chi connectivity index (χ0v) is 13.2. The van der Waals surface area contributed by atoms with E-state index in [-0.39, 0.29) is 11.7 Å². The Morgan fingerprint density at radius 2 is 1.74 bits per heavy atom. The normalized spacial score (nSPS) is 26.6. The van der Waals surface area contributed by atoms with Gasteiger partial charge in [0.1, 0.15) is 0 Å². The lowest BCUT2D eigenvalue weighted by molar-refractivity contribution is -0.134. The second-order valence-corrected chi connectivity index (χ2v) is 7.22. The van der Waals surface area contributed by atoms with E-state index in [1.165, 1.54) is 12.8 Å². The highest BCUT2D eigenvalue weighted by molar-refractivity contribution is 5.89. The van der Waals surface area contributed by atoms with Gasteiger partial charge in [0.25, 0.3) is 0 Å². The number of hydrogen-bond acceptors (Lipinski definition) is 2. The van der Waals surface area contributed by atoms with Gasteiger partial charge in [0.15, 0.2) is 0 Å². The van der Waals surface area contributed by atoms with Gasteiger partial charge in [0.2, 0.25) is 5.91 Å². The quantitative estimate of drug-likeness (QED) is 0.848. The van der Waals surface area contributed by atoms with Crippen LogP contribution in [0.15, 0.2) is 0 Å². The number of amides is 1. The van der Waals surface area contributed by atoms with Crippen molar-refractivity contribution in [2.45, 2.75) is 72.0 Å². The Hall–Kier alpha value is -0.570. The summed E-state index contributed by atoms with van der Waals surface area (Å²) in [5, 5.41) is 3.59. The van der Waals surface area contributed by atoms with Crippen LogP contribution in [-0.4, -0.2) is 29.1 Å². The number of rotatable bonds is 4. The SMILES string of the molecule is CC(C)C(CN1C(=O)C2(CCCC2)NC1C)C(C)C. The molecule has 2 aliphatic rings. The summed E-state index contributed by atoms with van der Waals surface area (Å²) in [6.07, 6.45) is 4.64. The predicted octanol–water partition coefficient (Wildman–Crippen LogP) is 3.01. The summed E-state index contributed by atoms with van der Waals surface area (Å²) in [5.41, 5.74) is -0.210. The van der Waals surface area contributed by atoms with Crippen molar-refractivity contribution >= 4 is 5.91 Å². The lowest BCUT2D eigenvalue weighted by Crippen LogP contribution is -2.44. The topological polar surface area (TPSA) is 32.3 Å². The van der Waals surface area contributed by atoms with Crippen LogP contribution in [0.5, 0.6) is 0 Å². The molecule has 1 saturated carbocycles. The maximum atomic E-state index is 12.8. The fourth-order valence-corrected chi connectivity index (χ4v) is 3.99. The van der Waals surface area contributed by atoms with E-state index >= 15 is 0 Å². The van der Waals surface area contributed by atoms with Crippen LogP contribution in [0.3, 0.4) is 0 Å². The Morgan fingerprint density at radius 3 is 2.21 bits per heavy atom. The molecule has 1 amide bonds. The first-order chi connectivity index (χ1) is 8.87. The summed E-state index contributed by atoms with van der Waals surface area (Å²) >= 11 is 0. The van der Waals surface area contributed by atoms with Crippen LogP contribution in [0.1, 0.15) is 60.3 Å². The molecule has 1 aliphatic heterocycles. The molecular formula is C16H30N2O. The molecule has 1 unspecified atom stereocenters. The summed E-state index contributed by atoms with van der Waals surface area (Å²) in [4.78, 5) is 14.9. The van der Waals surface area contributed by atoms with Crippen molar-refractivity contribution in [3.05, 3.63) is 0 Å². The van der Waals surface area contributed by atoms with Gasteiger partial charge in [-0.3, -0.25) is 10.1 Å². The van der Waals surface area contributed by atoms with Crippen molar-refractivity contribution in [3.63, 3.8) is 0 Å². The molecule has 2 rings (SSSR count). The van der Waals surface area contributed by atoms with Crippen molar-refractivity contribution in [3.8, 4) is 0 Å². The molecule has 1 atom stereocenters. The summed E-state index contributed by atoms with van der Waals surface area (Å²) < 4.78 is 0. The molecule has 0 aromatic heterocycles. The van der Waals surface area contributed by atoms with Crippen molar-refractivity contribution in [1.82, 2.24) is 10.2 Å². The molecular weight excluding hydrogens is 236 g/mol. The first kappa shape index (κ1) is 14.8. The van der Waals surface area contributed by atoms with Crippen LogP contribution in [0.2, 0.25) is 0 Å². The third-order valence-electron chi connectivity index (χ3n) is 5.20. The van der Waals surface area contributed by atoms with Crippen LogP contribution >= 0.6 is 0 Å². The van der Waals surface area contributed by atoms with Gasteiger partial charge in [-0.2, -0.15) is 0 Å². The average molecular weight is 266 g/mol. The maximum absolute atomic E-state index is 12.8. The molecule has 1 spiro atoms. The van der Waals surface area contributed by atoms with E-state index in [1.54, 1.807) is 0 Å². The minimum atomic E-state index is -0.210. The van der Waals surface area contributed by atoms with Crippen LogP contribution < -0.4 is 5.32 Å². The summed E-state index contributed by atoms with van der Waals surface area (Å²) in [6, 6.07) is 0. The number of carbonyl (C=O) groups excluding carboxylic acids is 1. The van der Waals surface area contributed by atoms with E-state index in [0.717, 1.165) is 19.4 Å². The Kier molecular flexibility index (Phi) is 4.24. The molecule has 3 heteroatoms. The molecule has 0 radical (unpaired) electrons. The van der Waals surface area contributed by atoms with E-state index in [9.17, 15) is 4.79 Å². The van der Waals surface area contributed by atoms with Crippen molar-refractivity contribution < 1.29 is 4.79 Å². The lowest BCUT2D eigenvalue weighted by Gasteiger charge is -2.32. The van der Waals surface area contributed by atoms with Gasteiger partial charge in [-0.05, 0) is 37.5 Å². The Balaban J connectivity index is 2.10. The van der Waals surface area contributed by atoms with Gasteiger partial charge in [-0.25, -0.2) is 0 Å². The number of carbonyl (C=O) groups is 1. The first-order valence-corrected chi connectivity index (χ1v) is 7.96. The highest BCUT2D eigenvalue weighted by Gasteiger charge is 2.51. The number of nitrogens with zero attached hydrogens (tertiary/aromatic N) is 1. The zero-order chi connectivity index (χ0) is 14.2. The predicted molar refractivity (Wildman–Crippen MR) is 78.7 cm³/mol. The lowest BCUT2D eigenvalue weighted by atomic mass is 9.85. The van der Waals surface area contributed by atoms with Crippen molar-refractivity contribution in [1.29, 1.82) is 0 Å². The fraction of sp³-hybridized carbons (Fsp3) is 0.938. The van der Waals surface area contributed by atoms with Gasteiger partial charge in [-0.1, -0.05) is 40.5 Å². The Morgan fingerprint density at radius 1 is 1.21 bits per heavy atom. The standard InChI is InChI=1S/C16H30N2O/c1-11(2)14(12(3)4)10-18-13(5)17-16(15(18)19)8-6-7-9-16/h11-14,17H,6-10H2,1-5H3. The summed E-state index contributed by atoms with van der Waals surface area (Å²) in [5.74, 6) is 2.20. The summed E-state index contributed by atoms with van der Waals surface area (Å²) in [6.45, 7) is 12.1. The second-order valence-electron chi connectivity index (χ2n) is 7.22. The second kappa shape index (κ2) is 5.43. The minimum absolute atomic E-state index is 0.200. The molecule has 0 aromatic rings. The van der Waals surface area contributed by atoms with E-state index in [4.69, 9.17) is 0 Å². The fourth-order valence-electron chi connectivity index (χ4n) is 3.99. The van der Waals surface area contributed by atoms with Gasteiger partial charge >= 0.3 is 0 Å². The van der Waals surface area contributed by atoms with Crippen LogP contribution in [0.4, 0.5) is 0 Å². The van der Waals surface area contributed by atoms with E-state index < -0.39 is 0 Å². The largest absolute Gasteiger partial charge is 0.326 e. The van der Waals surface area contributed by atoms with E-state index in [1.807, 2.05) is 0 Å². The van der Waals surface area contributed by atoms with Crippen molar-refractivity contribution in [2.75, 3.05) is 6.54 Å². The molecule has 2 fully saturated rings.